The van der Waals surface area contributed by atoms with Crippen LogP contribution in [0.25, 0.3) is 33.4 Å². The number of hydrogen-bond donors (Lipinski definition) is 1. The van der Waals surface area contributed by atoms with Crippen molar-refractivity contribution in [2.45, 2.75) is 33.3 Å². The van der Waals surface area contributed by atoms with E-state index in [0.29, 0.717) is 11.7 Å². The lowest BCUT2D eigenvalue weighted by molar-refractivity contribution is 0.119. The average molecular weight is 336 g/mol. The van der Waals surface area contributed by atoms with Crippen molar-refractivity contribution in [1.29, 1.82) is 0 Å². The van der Waals surface area contributed by atoms with Crippen LogP contribution in [0.2, 0.25) is 0 Å². The Labute approximate surface area is 145 Å². The summed E-state index contributed by atoms with van der Waals surface area (Å²) in [5.41, 5.74) is 4.96. The summed E-state index contributed by atoms with van der Waals surface area (Å²) in [5, 5.41) is 6.25. The van der Waals surface area contributed by atoms with Crippen LogP contribution in [-0.2, 0) is 11.2 Å². The van der Waals surface area contributed by atoms with E-state index in [-0.39, 0.29) is 6.10 Å². The van der Waals surface area contributed by atoms with Gasteiger partial charge in [0.25, 0.3) is 5.89 Å². The summed E-state index contributed by atoms with van der Waals surface area (Å²) in [4.78, 5) is 12.4. The van der Waals surface area contributed by atoms with Gasteiger partial charge in [0.15, 0.2) is 5.82 Å². The summed E-state index contributed by atoms with van der Waals surface area (Å²) < 4.78 is 10.8. The number of aryl methyl sites for hydroxylation is 2. The SMILES string of the molecule is CCc1noc(-c2ncc3[nH]c4ccc(C(C)OC)cc4c3c2C)n1. The first-order chi connectivity index (χ1) is 12.1. The lowest BCUT2D eigenvalue weighted by Crippen LogP contribution is -1.95. The highest BCUT2D eigenvalue weighted by molar-refractivity contribution is 6.10. The summed E-state index contributed by atoms with van der Waals surface area (Å²) in [6.45, 7) is 6.08. The monoisotopic (exact) mass is 336 g/mol. The van der Waals surface area contributed by atoms with E-state index in [0.717, 1.165) is 45.0 Å². The number of pyridine rings is 1. The number of H-pyrrole nitrogens is 1. The molecule has 0 bridgehead atoms. The number of methoxy groups -OCH3 is 1. The molecule has 0 fully saturated rings. The first kappa shape index (κ1) is 15.8. The van der Waals surface area contributed by atoms with Gasteiger partial charge in [-0.05, 0) is 37.1 Å². The van der Waals surface area contributed by atoms with Crippen LogP contribution in [0.3, 0.4) is 0 Å². The fourth-order valence-corrected chi connectivity index (χ4v) is 3.17. The fourth-order valence-electron chi connectivity index (χ4n) is 3.17. The molecule has 0 aliphatic carbocycles. The Morgan fingerprint density at radius 3 is 2.84 bits per heavy atom. The van der Waals surface area contributed by atoms with Crippen LogP contribution in [0, 0.1) is 6.92 Å². The van der Waals surface area contributed by atoms with E-state index in [9.17, 15) is 0 Å². The predicted molar refractivity (Wildman–Crippen MR) is 96.4 cm³/mol. The van der Waals surface area contributed by atoms with Crippen LogP contribution >= 0.6 is 0 Å². The fraction of sp³-hybridized carbons (Fsp3) is 0.316. The van der Waals surface area contributed by atoms with E-state index >= 15 is 0 Å². The first-order valence-corrected chi connectivity index (χ1v) is 8.39. The van der Waals surface area contributed by atoms with Gasteiger partial charge in [-0.25, -0.2) is 4.98 Å². The maximum absolute atomic E-state index is 5.46. The van der Waals surface area contributed by atoms with E-state index in [1.807, 2.05) is 27.0 Å². The molecule has 3 heterocycles. The number of aromatic nitrogens is 4. The third-order valence-electron chi connectivity index (χ3n) is 4.71. The summed E-state index contributed by atoms with van der Waals surface area (Å²) in [7, 11) is 1.72. The number of hydrogen-bond acceptors (Lipinski definition) is 5. The molecule has 25 heavy (non-hydrogen) atoms. The van der Waals surface area contributed by atoms with Crippen molar-refractivity contribution in [2.24, 2.45) is 0 Å². The van der Waals surface area contributed by atoms with Crippen LogP contribution in [0.5, 0.6) is 0 Å². The molecule has 0 amide bonds. The van der Waals surface area contributed by atoms with Crippen molar-refractivity contribution in [3.05, 3.63) is 41.3 Å². The normalized spacial score (nSPS) is 13.0. The Morgan fingerprint density at radius 1 is 1.28 bits per heavy atom. The van der Waals surface area contributed by atoms with Crippen molar-refractivity contribution in [2.75, 3.05) is 7.11 Å². The largest absolute Gasteiger partial charge is 0.377 e. The molecule has 6 heteroatoms. The number of ether oxygens (including phenoxy) is 1. The minimum absolute atomic E-state index is 0.0408. The van der Waals surface area contributed by atoms with Crippen LogP contribution in [0.1, 0.15) is 36.9 Å². The standard InChI is InChI=1S/C19H20N4O2/c1-5-16-22-19(25-23-16)18-10(2)17-13-8-12(11(3)24-4)6-7-14(13)21-15(17)9-20-18/h6-9,11,21H,5H2,1-4H3. The zero-order valence-corrected chi connectivity index (χ0v) is 14.8. The van der Waals surface area contributed by atoms with E-state index in [4.69, 9.17) is 9.26 Å². The molecule has 1 unspecified atom stereocenters. The number of rotatable bonds is 4. The molecule has 0 saturated heterocycles. The first-order valence-electron chi connectivity index (χ1n) is 8.39. The summed E-state index contributed by atoms with van der Waals surface area (Å²) in [6, 6.07) is 6.34. The summed E-state index contributed by atoms with van der Waals surface area (Å²) in [5.74, 6) is 1.15. The predicted octanol–water partition coefficient (Wildman–Crippen LogP) is 4.34. The molecular formula is C19H20N4O2. The second kappa shape index (κ2) is 5.97. The van der Waals surface area contributed by atoms with E-state index in [1.54, 1.807) is 7.11 Å². The summed E-state index contributed by atoms with van der Waals surface area (Å²) >= 11 is 0. The molecule has 0 radical (unpaired) electrons. The number of fused-ring (bicyclic) bond motifs is 3. The van der Waals surface area contributed by atoms with Gasteiger partial charge < -0.3 is 14.2 Å². The highest BCUT2D eigenvalue weighted by Crippen LogP contribution is 2.34. The molecule has 1 atom stereocenters. The number of aromatic amines is 1. The van der Waals surface area contributed by atoms with Gasteiger partial charge in [-0.15, -0.1) is 0 Å². The Balaban J connectivity index is 1.96. The van der Waals surface area contributed by atoms with Gasteiger partial charge in [-0.3, -0.25) is 0 Å². The van der Waals surface area contributed by atoms with Crippen LogP contribution in [0.15, 0.2) is 28.9 Å². The molecule has 0 spiro atoms. The van der Waals surface area contributed by atoms with Crippen molar-refractivity contribution in [3.8, 4) is 11.6 Å². The van der Waals surface area contributed by atoms with Crippen LogP contribution in [-0.4, -0.2) is 27.2 Å². The molecule has 3 aromatic heterocycles. The van der Waals surface area contributed by atoms with Crippen LogP contribution in [0.4, 0.5) is 0 Å². The molecule has 0 saturated carbocycles. The molecule has 4 aromatic rings. The minimum atomic E-state index is 0.0408. The van der Waals surface area contributed by atoms with Gasteiger partial charge in [0, 0.05) is 29.8 Å². The number of benzene rings is 1. The zero-order valence-electron chi connectivity index (χ0n) is 14.8. The van der Waals surface area contributed by atoms with Crippen molar-refractivity contribution < 1.29 is 9.26 Å². The van der Waals surface area contributed by atoms with Gasteiger partial charge >= 0.3 is 0 Å². The maximum Gasteiger partial charge on any atom is 0.276 e. The Hall–Kier alpha value is -2.73. The lowest BCUT2D eigenvalue weighted by Gasteiger charge is -2.09. The third kappa shape index (κ3) is 2.49. The molecule has 1 aromatic carbocycles. The number of nitrogens with zero attached hydrogens (tertiary/aromatic N) is 3. The topological polar surface area (TPSA) is 76.8 Å². The molecule has 128 valence electrons. The van der Waals surface area contributed by atoms with E-state index < -0.39 is 0 Å². The highest BCUT2D eigenvalue weighted by Gasteiger charge is 2.17. The van der Waals surface area contributed by atoms with Gasteiger partial charge in [0.2, 0.25) is 0 Å². The van der Waals surface area contributed by atoms with E-state index in [1.165, 1.54) is 0 Å². The smallest absolute Gasteiger partial charge is 0.276 e. The lowest BCUT2D eigenvalue weighted by atomic mass is 10.0. The molecule has 4 rings (SSSR count). The van der Waals surface area contributed by atoms with Crippen LogP contribution < -0.4 is 0 Å². The third-order valence-corrected chi connectivity index (χ3v) is 4.71. The highest BCUT2D eigenvalue weighted by atomic mass is 16.5. The molecule has 6 nitrogen and oxygen atoms in total. The van der Waals surface area contributed by atoms with E-state index in [2.05, 4.69) is 38.3 Å². The average Bonchev–Trinajstić information content (AvgIpc) is 3.25. The molecular weight excluding hydrogens is 316 g/mol. The molecule has 1 N–H and O–H groups in total. The Morgan fingerprint density at radius 2 is 2.12 bits per heavy atom. The van der Waals surface area contributed by atoms with Gasteiger partial charge in [0.05, 0.1) is 17.8 Å². The van der Waals surface area contributed by atoms with Crippen molar-refractivity contribution in [1.82, 2.24) is 20.1 Å². The Kier molecular flexibility index (Phi) is 3.77. The van der Waals surface area contributed by atoms with Crippen molar-refractivity contribution >= 4 is 21.8 Å². The second-order valence-electron chi connectivity index (χ2n) is 6.20. The van der Waals surface area contributed by atoms with Gasteiger partial charge in [0.1, 0.15) is 5.69 Å². The summed E-state index contributed by atoms with van der Waals surface area (Å²) in [6.07, 6.45) is 2.60. The maximum atomic E-state index is 5.46. The minimum Gasteiger partial charge on any atom is -0.377 e. The number of nitrogens with one attached hydrogen (secondary N) is 1. The second-order valence-corrected chi connectivity index (χ2v) is 6.20. The van der Waals surface area contributed by atoms with Gasteiger partial charge in [-0.1, -0.05) is 18.1 Å². The molecule has 0 aliphatic rings. The van der Waals surface area contributed by atoms with Gasteiger partial charge in [-0.2, -0.15) is 4.98 Å². The zero-order chi connectivity index (χ0) is 17.6. The quantitative estimate of drug-likeness (QED) is 0.600. The van der Waals surface area contributed by atoms with Crippen molar-refractivity contribution in [3.63, 3.8) is 0 Å². The molecule has 0 aliphatic heterocycles. The Bertz CT molecular complexity index is 1060.